The van der Waals surface area contributed by atoms with Gasteiger partial charge in [-0.05, 0) is 6.42 Å². The molecule has 0 aliphatic carbocycles. The number of hydrogen-bond donors (Lipinski definition) is 3. The van der Waals surface area contributed by atoms with Gasteiger partial charge in [-0.1, -0.05) is 96.8 Å². The Balaban J connectivity index is 0.00000150. The minimum absolute atomic E-state index is 0.268. The Morgan fingerprint density at radius 3 is 1.67 bits per heavy atom. The maximum Gasteiger partial charge on any atom is 0.245 e. The molecule has 7 nitrogen and oxygen atoms in total. The summed E-state index contributed by atoms with van der Waals surface area (Å²) in [5.41, 5.74) is 0. The number of nitrogens with one attached hydrogen (secondary N) is 1. The van der Waals surface area contributed by atoms with E-state index in [-0.39, 0.29) is 6.61 Å². The number of amidine groups is 1. The number of hydrogen-bond acceptors (Lipinski definition) is 5. The van der Waals surface area contributed by atoms with Crippen LogP contribution in [-0.2, 0) is 4.57 Å². The Kier molecular flexibility index (Phi) is 20.1. The average molecular weight is 450 g/mol. The average Bonchev–Trinajstić information content (AvgIpc) is 3.11. The molecule has 0 amide bonds. The second-order valence-corrected chi connectivity index (χ2v) is 9.19. The van der Waals surface area contributed by atoms with Crippen LogP contribution in [0.25, 0.3) is 0 Å². The predicted molar refractivity (Wildman–Crippen MR) is 119 cm³/mol. The molecule has 30 heavy (non-hydrogen) atoms. The summed E-state index contributed by atoms with van der Waals surface area (Å²) in [6, 6.07) is 0. The van der Waals surface area contributed by atoms with Crippen molar-refractivity contribution >= 4 is 13.7 Å². The number of aliphatic hydroxyl groups is 1. The number of rotatable bonds is 18. The summed E-state index contributed by atoms with van der Waals surface area (Å²) in [6.45, 7) is 5.46. The van der Waals surface area contributed by atoms with Gasteiger partial charge in [0.15, 0.2) is 0 Å². The number of unbranched alkanes of at least 4 members (excludes halogenated alkanes) is 14. The third kappa shape index (κ3) is 22.2. The van der Waals surface area contributed by atoms with Gasteiger partial charge in [0.05, 0.1) is 14.4 Å². The molecule has 0 bridgehead atoms. The van der Waals surface area contributed by atoms with Crippen LogP contribution in [0.1, 0.15) is 110 Å². The third-order valence-corrected chi connectivity index (χ3v) is 5.48. The van der Waals surface area contributed by atoms with Gasteiger partial charge in [-0.15, -0.1) is 0 Å². The van der Waals surface area contributed by atoms with E-state index in [4.69, 9.17) is 24.4 Å². The minimum Gasteiger partial charge on any atom is -0.790 e. The standard InChI is InChI=1S/C22H44N2O.H3O4P/c1-2-3-4-5-6-7-8-9-10-11-12-13-14-15-16-17-22-23-18-19-24(22)20-21-25;1-5(2,3)4/h25H,2-21H2,1H3;(H3,1,2,3,4)/p-1. The molecule has 0 saturated heterocycles. The fraction of sp³-hybridized carbons (Fsp3) is 0.955. The molecule has 8 heteroatoms. The highest BCUT2D eigenvalue weighted by atomic mass is 31.2. The van der Waals surface area contributed by atoms with E-state index in [1.165, 1.54) is 102 Å². The smallest absolute Gasteiger partial charge is 0.245 e. The van der Waals surface area contributed by atoms with Crippen molar-refractivity contribution in [1.29, 1.82) is 0 Å². The summed E-state index contributed by atoms with van der Waals surface area (Å²) >= 11 is 0. The van der Waals surface area contributed by atoms with E-state index >= 15 is 0 Å². The van der Waals surface area contributed by atoms with Crippen LogP contribution in [0, 0.1) is 0 Å². The number of aliphatic hydroxyl groups excluding tert-OH is 1. The van der Waals surface area contributed by atoms with E-state index in [0.717, 1.165) is 26.1 Å². The summed E-state index contributed by atoms with van der Waals surface area (Å²) in [5, 5.41) is 12.5. The highest BCUT2D eigenvalue weighted by molar-refractivity contribution is 7.42. The summed E-state index contributed by atoms with van der Waals surface area (Å²) in [5.74, 6) is 1.36. The summed E-state index contributed by atoms with van der Waals surface area (Å²) < 4.78 is 11.0. The van der Waals surface area contributed by atoms with Gasteiger partial charge in [0.25, 0.3) is 0 Å². The Morgan fingerprint density at radius 1 is 0.867 bits per heavy atom. The highest BCUT2D eigenvalue weighted by Crippen LogP contribution is 2.14. The maximum atomic E-state index is 9.07. The minimum atomic E-state index is -5.14. The Morgan fingerprint density at radius 2 is 1.27 bits per heavy atom. The Hall–Kier alpha value is -0.460. The molecular formula is C22H46N2O5P-. The normalized spacial score (nSPS) is 13.9. The van der Waals surface area contributed by atoms with E-state index in [2.05, 4.69) is 16.8 Å². The van der Waals surface area contributed by atoms with Crippen molar-refractivity contribution in [3.05, 3.63) is 0 Å². The molecule has 1 heterocycles. The molecule has 1 rings (SSSR count). The zero-order chi connectivity index (χ0) is 22.5. The van der Waals surface area contributed by atoms with Crippen LogP contribution >= 0.6 is 7.82 Å². The van der Waals surface area contributed by atoms with E-state index < -0.39 is 7.82 Å². The summed E-state index contributed by atoms with van der Waals surface area (Å²) in [7, 11) is -5.14. The molecule has 0 atom stereocenters. The lowest BCUT2D eigenvalue weighted by Crippen LogP contribution is -2.24. The first-order valence-electron chi connectivity index (χ1n) is 12.1. The molecular weight excluding hydrogens is 403 g/mol. The van der Waals surface area contributed by atoms with E-state index in [1.807, 2.05) is 0 Å². The van der Waals surface area contributed by atoms with E-state index in [1.54, 1.807) is 0 Å². The van der Waals surface area contributed by atoms with Gasteiger partial charge < -0.3 is 24.4 Å². The van der Waals surface area contributed by atoms with Gasteiger partial charge >= 0.3 is 0 Å². The molecule has 0 radical (unpaired) electrons. The highest BCUT2D eigenvalue weighted by Gasteiger charge is 2.19. The van der Waals surface area contributed by atoms with Crippen LogP contribution in [0.2, 0.25) is 0 Å². The van der Waals surface area contributed by atoms with Crippen LogP contribution in [0.5, 0.6) is 0 Å². The van der Waals surface area contributed by atoms with E-state index in [9.17, 15) is 0 Å². The number of β-amino-alcohol motifs (C(OH)–C–C–N with tert-alkyl or cyclic N) is 1. The molecule has 0 saturated carbocycles. The second-order valence-electron chi connectivity index (χ2n) is 8.25. The lowest BCUT2D eigenvalue weighted by atomic mass is 10.0. The van der Waals surface area contributed by atoms with Gasteiger partial charge in [-0.2, -0.15) is 0 Å². The van der Waals surface area contributed by atoms with Crippen molar-refractivity contribution in [1.82, 2.24) is 5.32 Å². The van der Waals surface area contributed by atoms with Crippen LogP contribution in [0.3, 0.4) is 0 Å². The predicted octanol–water partition coefficient (Wildman–Crippen LogP) is 3.06. The van der Waals surface area contributed by atoms with Crippen LogP contribution in [0.4, 0.5) is 0 Å². The first-order valence-corrected chi connectivity index (χ1v) is 13.6. The first kappa shape index (κ1) is 29.5. The fourth-order valence-corrected chi connectivity index (χ4v) is 3.86. The van der Waals surface area contributed by atoms with Crippen molar-refractivity contribution < 1.29 is 28.9 Å². The second kappa shape index (κ2) is 20.4. The van der Waals surface area contributed by atoms with Crippen molar-refractivity contribution in [2.24, 2.45) is 0 Å². The molecule has 3 N–H and O–H groups in total. The van der Waals surface area contributed by atoms with E-state index in [0.29, 0.717) is 0 Å². The summed E-state index contributed by atoms with van der Waals surface area (Å²) in [6.07, 6.45) is 22.5. The van der Waals surface area contributed by atoms with Crippen LogP contribution in [0.15, 0.2) is 0 Å². The largest absolute Gasteiger partial charge is 0.790 e. The molecule has 1 aliphatic rings. The van der Waals surface area contributed by atoms with Gasteiger partial charge in [-0.25, -0.2) is 0 Å². The number of phosphoric acid groups is 1. The molecule has 0 unspecified atom stereocenters. The molecule has 0 spiro atoms. The van der Waals surface area contributed by atoms with Gasteiger partial charge in [0.2, 0.25) is 5.84 Å². The lowest BCUT2D eigenvalue weighted by Gasteiger charge is -2.19. The van der Waals surface area contributed by atoms with Gasteiger partial charge in [-0.3, -0.25) is 9.89 Å². The van der Waals surface area contributed by atoms with Crippen molar-refractivity contribution in [2.45, 2.75) is 110 Å². The fourth-order valence-electron chi connectivity index (χ4n) is 3.86. The van der Waals surface area contributed by atoms with Gasteiger partial charge in [0, 0.05) is 6.42 Å². The molecule has 0 aromatic carbocycles. The zero-order valence-electron chi connectivity index (χ0n) is 19.2. The molecule has 0 fully saturated rings. The van der Waals surface area contributed by atoms with Gasteiger partial charge in [0.1, 0.15) is 19.6 Å². The van der Waals surface area contributed by atoms with Crippen molar-refractivity contribution in [3.63, 3.8) is 0 Å². The first-order chi connectivity index (χ1) is 14.4. The summed E-state index contributed by atoms with van der Waals surface area (Å²) in [4.78, 5) is 24.3. The molecule has 180 valence electrons. The SMILES string of the molecule is CCCCCCCCCCCCCCCCCC1=[N+](CCO)CCN1.O=P([O-])([O-])O. The van der Waals surface area contributed by atoms with Crippen molar-refractivity contribution in [2.75, 3.05) is 26.2 Å². The quantitative estimate of drug-likeness (QED) is 0.168. The monoisotopic (exact) mass is 449 g/mol. The third-order valence-electron chi connectivity index (χ3n) is 5.48. The maximum absolute atomic E-state index is 9.07. The zero-order valence-corrected chi connectivity index (χ0v) is 20.1. The molecule has 0 aromatic heterocycles. The Labute approximate surface area is 184 Å². The Bertz CT molecular complexity index is 460. The number of nitrogens with zero attached hydrogens (tertiary/aromatic N) is 1. The molecule has 0 aromatic rings. The lowest BCUT2D eigenvalue weighted by molar-refractivity contribution is -0.521. The van der Waals surface area contributed by atoms with Crippen molar-refractivity contribution in [3.8, 4) is 0 Å². The van der Waals surface area contributed by atoms with Crippen LogP contribution < -0.4 is 15.1 Å². The molecule has 1 aliphatic heterocycles. The topological polar surface area (TPSA) is 119 Å². The van der Waals surface area contributed by atoms with Crippen LogP contribution in [-0.4, -0.2) is 46.7 Å².